The zero-order valence-corrected chi connectivity index (χ0v) is 62.4. The van der Waals surface area contributed by atoms with Crippen LogP contribution in [0.25, 0.3) is 22.3 Å². The summed E-state index contributed by atoms with van der Waals surface area (Å²) < 4.78 is 106. The Labute approximate surface area is 628 Å². The topological polar surface area (TPSA) is 200 Å². The van der Waals surface area contributed by atoms with E-state index in [2.05, 4.69) is 115 Å². The lowest BCUT2D eigenvalue weighted by atomic mass is 10.00. The first-order chi connectivity index (χ1) is 51.5. The molecule has 2 atom stereocenters. The molecule has 2 amide bonds. The molecule has 0 aromatic heterocycles. The number of ether oxygens (including phenoxy) is 2. The Morgan fingerprint density at radius 1 is 0.444 bits per heavy atom. The van der Waals surface area contributed by atoms with E-state index < -0.39 is 24.3 Å². The highest BCUT2D eigenvalue weighted by molar-refractivity contribution is 5.95. The summed E-state index contributed by atoms with van der Waals surface area (Å²) in [4.78, 5) is 59.0. The molecule has 12 rings (SSSR count). The molecule has 0 aliphatic carbocycles. The fourth-order valence-electron chi connectivity index (χ4n) is 14.1. The molecule has 0 radical (unpaired) electrons. The average Bonchev–Trinajstić information content (AvgIpc) is 0.825. The Kier molecular flexibility index (Phi) is 31.3. The van der Waals surface area contributed by atoms with Gasteiger partial charge in [0.1, 0.15) is 49.8 Å². The number of nitrogens with one attached hydrogen (secondary N) is 4. The van der Waals surface area contributed by atoms with E-state index in [0.717, 1.165) is 226 Å². The number of quaternary nitrogens is 2. The number of aliphatic carboxylic acids is 2. The molecule has 6 aliphatic rings. The molecule has 588 valence electrons. The van der Waals surface area contributed by atoms with Crippen LogP contribution in [0.15, 0.2) is 133 Å². The third-order valence-electron chi connectivity index (χ3n) is 20.8. The van der Waals surface area contributed by atoms with Crippen molar-refractivity contribution in [3.63, 3.8) is 0 Å². The van der Waals surface area contributed by atoms with Crippen molar-refractivity contribution in [3.05, 3.63) is 190 Å². The van der Waals surface area contributed by atoms with Gasteiger partial charge in [0, 0.05) is 178 Å². The molecule has 20 nitrogen and oxygen atoms in total. The van der Waals surface area contributed by atoms with Gasteiger partial charge in [-0.15, -0.1) is 0 Å². The molecule has 6 heterocycles. The van der Waals surface area contributed by atoms with Gasteiger partial charge < -0.3 is 59.5 Å². The first-order valence-corrected chi connectivity index (χ1v) is 37.2. The number of nitrogens with zero attached hydrogens (tertiary/aromatic N) is 8. The standard InChI is InChI=1S/2C38H51FN6O2.2C2HF3O2/c2*1-30-27-44(12-11-40-30)29-32-5-3-7-34(23-32)36-25-31(9-10-37(36)39)26-41-38(46)35-8-4-6-33(24-35)28-43-15-13-42(14-16-43)17-18-45(2)19-21-47-22-20-45;2*3-2(4,5)1(6)7/h2*3-10,23-25,30,40H,11-22,26-29H2,1-2H3;2*(H,6,7)/t2*30-;;/m00../s1. The molecule has 6 aliphatic heterocycles. The van der Waals surface area contributed by atoms with E-state index in [0.29, 0.717) is 47.4 Å². The second kappa shape index (κ2) is 40.2. The van der Waals surface area contributed by atoms with E-state index in [9.17, 15) is 35.9 Å². The van der Waals surface area contributed by atoms with Gasteiger partial charge in [0.05, 0.1) is 53.6 Å². The number of carbonyl (C=O) groups is 4. The van der Waals surface area contributed by atoms with E-state index >= 15 is 8.78 Å². The average molecular weight is 1510 g/mol. The van der Waals surface area contributed by atoms with Gasteiger partial charge in [0.2, 0.25) is 0 Å². The van der Waals surface area contributed by atoms with Crippen molar-refractivity contribution in [2.75, 3.05) is 185 Å². The highest BCUT2D eigenvalue weighted by Gasteiger charge is 2.32. The number of hydrogen-bond acceptors (Lipinski definition) is 16. The number of carbonyl (C=O) groups excluding carboxylic acids is 4. The van der Waals surface area contributed by atoms with Crippen molar-refractivity contribution < 1.29 is 83.0 Å². The number of hydrogen-bond donors (Lipinski definition) is 4. The Balaban J connectivity index is 0.000000212. The number of benzene rings is 6. The summed E-state index contributed by atoms with van der Waals surface area (Å²) in [5.74, 6) is -6.76. The van der Waals surface area contributed by atoms with Crippen LogP contribution in [-0.4, -0.2) is 271 Å². The quantitative estimate of drug-likeness (QED) is 0.0441. The summed E-state index contributed by atoms with van der Waals surface area (Å²) in [6.07, 6.45) is -10.4. The van der Waals surface area contributed by atoms with Crippen molar-refractivity contribution in [1.82, 2.24) is 50.7 Å². The zero-order valence-electron chi connectivity index (χ0n) is 62.4. The van der Waals surface area contributed by atoms with Crippen LogP contribution in [0, 0.1) is 11.6 Å². The van der Waals surface area contributed by atoms with Gasteiger partial charge in [0.15, 0.2) is 0 Å². The smallest absolute Gasteiger partial charge is 0.430 e. The fourth-order valence-corrected chi connectivity index (χ4v) is 14.1. The normalized spacial score (nSPS) is 19.8. The molecule has 108 heavy (non-hydrogen) atoms. The zero-order chi connectivity index (χ0) is 77.4. The monoisotopic (exact) mass is 1510 g/mol. The molecule has 28 heteroatoms. The molecular weight excluding hydrogens is 1410 g/mol. The first kappa shape index (κ1) is 84.2. The summed E-state index contributed by atoms with van der Waals surface area (Å²) in [5, 5.41) is 30.7. The molecule has 4 N–H and O–H groups in total. The number of rotatable bonds is 22. The van der Waals surface area contributed by atoms with Gasteiger partial charge in [-0.05, 0) is 119 Å². The molecule has 0 unspecified atom stereocenters. The van der Waals surface area contributed by atoms with Crippen LogP contribution in [0.5, 0.6) is 0 Å². The minimum absolute atomic E-state index is 0.116. The maximum Gasteiger partial charge on any atom is 0.430 e. The van der Waals surface area contributed by atoms with Crippen LogP contribution in [0.3, 0.4) is 0 Å². The van der Waals surface area contributed by atoms with Gasteiger partial charge >= 0.3 is 12.4 Å². The number of carboxylic acid groups (broad SMARTS) is 2. The minimum Gasteiger partial charge on any atom is -0.542 e. The van der Waals surface area contributed by atoms with Crippen LogP contribution >= 0.6 is 0 Å². The molecule has 0 saturated carbocycles. The molecule has 6 aromatic carbocycles. The van der Waals surface area contributed by atoms with Gasteiger partial charge in [-0.1, -0.05) is 72.8 Å². The van der Waals surface area contributed by atoms with Gasteiger partial charge in [0.25, 0.3) is 11.8 Å². The van der Waals surface area contributed by atoms with E-state index in [4.69, 9.17) is 29.3 Å². The van der Waals surface area contributed by atoms with Gasteiger partial charge in [-0.25, -0.2) is 8.78 Å². The first-order valence-electron chi connectivity index (χ1n) is 37.2. The highest BCUT2D eigenvalue weighted by Crippen LogP contribution is 2.29. The van der Waals surface area contributed by atoms with E-state index in [1.165, 1.54) is 36.3 Å². The summed E-state index contributed by atoms with van der Waals surface area (Å²) >= 11 is 0. The van der Waals surface area contributed by atoms with Crippen molar-refractivity contribution >= 4 is 23.8 Å². The molecule has 6 fully saturated rings. The summed E-state index contributed by atoms with van der Waals surface area (Å²) in [6.45, 7) is 35.5. The summed E-state index contributed by atoms with van der Waals surface area (Å²) in [5.41, 5.74) is 10.5. The predicted molar refractivity (Wildman–Crippen MR) is 393 cm³/mol. The molecule has 0 bridgehead atoms. The van der Waals surface area contributed by atoms with Crippen LogP contribution < -0.4 is 31.5 Å². The lowest BCUT2D eigenvalue weighted by Gasteiger charge is -2.40. The number of likely N-dealkylation sites (N-methyl/N-ethyl adjacent to an activating group) is 2. The number of alkyl halides is 6. The van der Waals surface area contributed by atoms with Gasteiger partial charge in [-0.3, -0.25) is 39.0 Å². The van der Waals surface area contributed by atoms with Gasteiger partial charge in [-0.2, -0.15) is 26.3 Å². The Bertz CT molecular complexity index is 3640. The van der Waals surface area contributed by atoms with Crippen molar-refractivity contribution in [2.45, 2.75) is 77.6 Å². The van der Waals surface area contributed by atoms with Crippen LogP contribution in [-0.2, 0) is 58.3 Å². The Morgan fingerprint density at radius 2 is 0.769 bits per heavy atom. The second-order valence-corrected chi connectivity index (χ2v) is 29.6. The number of morpholine rings is 2. The number of piperazine rings is 4. The largest absolute Gasteiger partial charge is 0.542 e. The maximum atomic E-state index is 15.0. The Hall–Kier alpha value is -7.84. The molecule has 0 spiro atoms. The lowest BCUT2D eigenvalue weighted by Crippen LogP contribution is -2.56. The van der Waals surface area contributed by atoms with Crippen molar-refractivity contribution in [2.24, 2.45) is 0 Å². The van der Waals surface area contributed by atoms with Crippen LogP contribution in [0.4, 0.5) is 35.1 Å². The molecular formula is C80H104F8N12O8. The number of halogens is 8. The fraction of sp³-hybridized carbons (Fsp3) is 0.500. The maximum absolute atomic E-state index is 15.0. The summed E-state index contributed by atoms with van der Waals surface area (Å²) in [7, 11) is 4.71. The lowest BCUT2D eigenvalue weighted by molar-refractivity contribution is -0.916. The highest BCUT2D eigenvalue weighted by atomic mass is 19.4. The summed E-state index contributed by atoms with van der Waals surface area (Å²) in [6, 6.07) is 43.4. The number of amides is 2. The van der Waals surface area contributed by atoms with E-state index in [1.54, 1.807) is 12.1 Å². The van der Waals surface area contributed by atoms with Crippen LogP contribution in [0.1, 0.15) is 67.9 Å². The van der Waals surface area contributed by atoms with E-state index in [-0.39, 0.29) is 23.4 Å². The van der Waals surface area contributed by atoms with Crippen molar-refractivity contribution in [1.29, 1.82) is 0 Å². The van der Waals surface area contributed by atoms with E-state index in [1.807, 2.05) is 72.8 Å². The third-order valence-corrected chi connectivity index (χ3v) is 20.8. The second-order valence-electron chi connectivity index (χ2n) is 29.6. The van der Waals surface area contributed by atoms with Crippen LogP contribution in [0.2, 0.25) is 0 Å². The minimum atomic E-state index is -5.19. The Morgan fingerprint density at radius 3 is 1.11 bits per heavy atom. The number of carboxylic acids is 2. The SMILES string of the molecule is C[C@H]1CN(Cc2cccc(-c3cc(CNC(=O)c4cccc(CN5CCN(CC[N+]6(C)CCOCC6)CC5)c4)ccc3F)c2)CCN1.C[C@H]1CN(Cc2cccc(-c3cc(CNC(=O)c4cccc(CN5CCN(CC[N+]6(C)CCOCC6)CC5)c4)ccc3F)c2)CCN1.O=C([O-])C(F)(F)F.O=C([O-])C(F)(F)F. The third kappa shape index (κ3) is 27.3. The molecule has 6 aromatic rings. The molecule has 6 saturated heterocycles. The van der Waals surface area contributed by atoms with Crippen molar-refractivity contribution in [3.8, 4) is 22.3 Å². The predicted octanol–water partition coefficient (Wildman–Crippen LogP) is 6.22.